The van der Waals surface area contributed by atoms with Gasteiger partial charge in [-0.05, 0) is 33.4 Å². The van der Waals surface area contributed by atoms with E-state index in [4.69, 9.17) is 4.74 Å². The van der Waals surface area contributed by atoms with Crippen LogP contribution in [0, 0.1) is 0 Å². The van der Waals surface area contributed by atoms with Crippen LogP contribution in [0.4, 0.5) is 0 Å². The summed E-state index contributed by atoms with van der Waals surface area (Å²) in [6.07, 6.45) is 4.05. The first-order valence-electron chi connectivity index (χ1n) is 4.62. The molecule has 0 aromatic heterocycles. The van der Waals surface area contributed by atoms with E-state index in [0.717, 1.165) is 13.2 Å². The van der Waals surface area contributed by atoms with Crippen LogP contribution in [0.5, 0.6) is 0 Å². The molecule has 1 aliphatic heterocycles. The summed E-state index contributed by atoms with van der Waals surface area (Å²) in [4.78, 5) is 2.42. The standard InChI is InChI=1S/C9H19NO/c1-3-11-8-9-6-4-5-7-10(9)2/h9H,3-8H2,1-2H3/t9-/m0/s1. The lowest BCUT2D eigenvalue weighted by atomic mass is 10.0. The molecule has 1 saturated heterocycles. The van der Waals surface area contributed by atoms with Crippen LogP contribution in [-0.2, 0) is 4.74 Å². The molecule has 2 heteroatoms. The van der Waals surface area contributed by atoms with Crippen LogP contribution in [0.25, 0.3) is 0 Å². The Bertz CT molecular complexity index is 106. The number of hydrogen-bond donors (Lipinski definition) is 0. The molecule has 1 atom stereocenters. The summed E-state index contributed by atoms with van der Waals surface area (Å²) in [5.74, 6) is 0. The van der Waals surface area contributed by atoms with Crippen LogP contribution in [0.3, 0.4) is 0 Å². The molecule has 0 unspecified atom stereocenters. The normalized spacial score (nSPS) is 27.3. The fourth-order valence-electron chi connectivity index (χ4n) is 1.61. The van der Waals surface area contributed by atoms with Gasteiger partial charge in [0.25, 0.3) is 0 Å². The van der Waals surface area contributed by atoms with E-state index in [1.165, 1.54) is 25.8 Å². The molecule has 1 fully saturated rings. The van der Waals surface area contributed by atoms with Crippen LogP contribution in [0.2, 0.25) is 0 Å². The molecule has 0 aromatic carbocycles. The SMILES string of the molecule is CCOC[C@@H]1CCCCN1C. The molecule has 0 N–H and O–H groups in total. The van der Waals surface area contributed by atoms with Crippen LogP contribution >= 0.6 is 0 Å². The van der Waals surface area contributed by atoms with Crippen molar-refractivity contribution < 1.29 is 4.74 Å². The van der Waals surface area contributed by atoms with Gasteiger partial charge in [0, 0.05) is 12.6 Å². The zero-order valence-corrected chi connectivity index (χ0v) is 7.68. The second kappa shape index (κ2) is 4.73. The molecule has 11 heavy (non-hydrogen) atoms. The first kappa shape index (κ1) is 9.01. The number of rotatable bonds is 3. The molecule has 0 spiro atoms. The molecule has 0 aliphatic carbocycles. The number of piperidine rings is 1. The number of ether oxygens (including phenoxy) is 1. The van der Waals surface area contributed by atoms with Gasteiger partial charge in [-0.2, -0.15) is 0 Å². The Hall–Kier alpha value is -0.0800. The quantitative estimate of drug-likeness (QED) is 0.615. The third-order valence-electron chi connectivity index (χ3n) is 2.44. The average Bonchev–Trinajstić information content (AvgIpc) is 2.03. The predicted octanol–water partition coefficient (Wildman–Crippen LogP) is 1.51. The second-order valence-electron chi connectivity index (χ2n) is 3.29. The van der Waals surface area contributed by atoms with E-state index in [1.807, 2.05) is 0 Å². The van der Waals surface area contributed by atoms with Crippen LogP contribution < -0.4 is 0 Å². The Labute approximate surface area is 69.5 Å². The third-order valence-corrected chi connectivity index (χ3v) is 2.44. The van der Waals surface area contributed by atoms with E-state index in [2.05, 4.69) is 18.9 Å². The van der Waals surface area contributed by atoms with E-state index in [0.29, 0.717) is 6.04 Å². The monoisotopic (exact) mass is 157 g/mol. The summed E-state index contributed by atoms with van der Waals surface area (Å²) < 4.78 is 5.40. The van der Waals surface area contributed by atoms with Crippen molar-refractivity contribution in [1.29, 1.82) is 0 Å². The highest BCUT2D eigenvalue weighted by molar-refractivity contribution is 4.73. The topological polar surface area (TPSA) is 12.5 Å². The molecule has 66 valence electrons. The largest absolute Gasteiger partial charge is 0.380 e. The highest BCUT2D eigenvalue weighted by atomic mass is 16.5. The number of likely N-dealkylation sites (tertiary alicyclic amines) is 1. The van der Waals surface area contributed by atoms with E-state index in [9.17, 15) is 0 Å². The fraction of sp³-hybridized carbons (Fsp3) is 1.00. The van der Waals surface area contributed by atoms with E-state index in [1.54, 1.807) is 0 Å². The third kappa shape index (κ3) is 2.80. The maximum Gasteiger partial charge on any atom is 0.0621 e. The number of likely N-dealkylation sites (N-methyl/N-ethyl adjacent to an activating group) is 1. The van der Waals surface area contributed by atoms with Crippen LogP contribution in [0.1, 0.15) is 26.2 Å². The first-order chi connectivity index (χ1) is 5.34. The van der Waals surface area contributed by atoms with Crippen molar-refractivity contribution in [3.8, 4) is 0 Å². The molecular formula is C9H19NO. The minimum absolute atomic E-state index is 0.684. The second-order valence-corrected chi connectivity index (χ2v) is 3.29. The Morgan fingerprint density at radius 3 is 2.91 bits per heavy atom. The van der Waals surface area contributed by atoms with Crippen molar-refractivity contribution >= 4 is 0 Å². The Balaban J connectivity index is 2.18. The molecule has 0 saturated carbocycles. The van der Waals surface area contributed by atoms with Gasteiger partial charge >= 0.3 is 0 Å². The molecule has 0 radical (unpaired) electrons. The van der Waals surface area contributed by atoms with Gasteiger partial charge in [0.15, 0.2) is 0 Å². The zero-order chi connectivity index (χ0) is 8.10. The van der Waals surface area contributed by atoms with Crippen molar-refractivity contribution in [2.24, 2.45) is 0 Å². The minimum atomic E-state index is 0.684. The molecule has 1 aliphatic rings. The summed E-state index contributed by atoms with van der Waals surface area (Å²) in [6.45, 7) is 5.08. The Kier molecular flexibility index (Phi) is 3.87. The molecule has 0 aromatic rings. The van der Waals surface area contributed by atoms with Gasteiger partial charge in [-0.1, -0.05) is 6.42 Å². The van der Waals surface area contributed by atoms with Gasteiger partial charge in [0.1, 0.15) is 0 Å². The molecule has 2 nitrogen and oxygen atoms in total. The summed E-state index contributed by atoms with van der Waals surface area (Å²) in [5.41, 5.74) is 0. The Morgan fingerprint density at radius 1 is 1.45 bits per heavy atom. The lowest BCUT2D eigenvalue weighted by Crippen LogP contribution is -2.39. The molecule has 0 amide bonds. The van der Waals surface area contributed by atoms with Crippen molar-refractivity contribution in [1.82, 2.24) is 4.90 Å². The summed E-state index contributed by atoms with van der Waals surface area (Å²) in [5, 5.41) is 0. The Morgan fingerprint density at radius 2 is 2.27 bits per heavy atom. The first-order valence-corrected chi connectivity index (χ1v) is 4.62. The minimum Gasteiger partial charge on any atom is -0.380 e. The van der Waals surface area contributed by atoms with E-state index < -0.39 is 0 Å². The predicted molar refractivity (Wildman–Crippen MR) is 46.8 cm³/mol. The van der Waals surface area contributed by atoms with Gasteiger partial charge in [-0.3, -0.25) is 0 Å². The zero-order valence-electron chi connectivity index (χ0n) is 7.68. The molecule has 1 heterocycles. The lowest BCUT2D eigenvalue weighted by molar-refractivity contribution is 0.0594. The number of nitrogens with zero attached hydrogens (tertiary/aromatic N) is 1. The van der Waals surface area contributed by atoms with Crippen molar-refractivity contribution in [2.45, 2.75) is 32.2 Å². The maximum atomic E-state index is 5.40. The van der Waals surface area contributed by atoms with Crippen molar-refractivity contribution in [3.05, 3.63) is 0 Å². The molecular weight excluding hydrogens is 138 g/mol. The average molecular weight is 157 g/mol. The van der Waals surface area contributed by atoms with Gasteiger partial charge in [0.2, 0.25) is 0 Å². The molecule has 0 bridgehead atoms. The van der Waals surface area contributed by atoms with Crippen LogP contribution in [-0.4, -0.2) is 37.7 Å². The maximum absolute atomic E-state index is 5.40. The van der Waals surface area contributed by atoms with E-state index >= 15 is 0 Å². The highest BCUT2D eigenvalue weighted by Gasteiger charge is 2.17. The smallest absolute Gasteiger partial charge is 0.0621 e. The molecule has 1 rings (SSSR count). The number of hydrogen-bond acceptors (Lipinski definition) is 2. The van der Waals surface area contributed by atoms with Crippen molar-refractivity contribution in [3.63, 3.8) is 0 Å². The summed E-state index contributed by atoms with van der Waals surface area (Å²) >= 11 is 0. The fourth-order valence-corrected chi connectivity index (χ4v) is 1.61. The summed E-state index contributed by atoms with van der Waals surface area (Å²) in [7, 11) is 2.20. The van der Waals surface area contributed by atoms with Gasteiger partial charge < -0.3 is 9.64 Å². The van der Waals surface area contributed by atoms with E-state index in [-0.39, 0.29) is 0 Å². The summed E-state index contributed by atoms with van der Waals surface area (Å²) in [6, 6.07) is 0.684. The van der Waals surface area contributed by atoms with Gasteiger partial charge in [-0.25, -0.2) is 0 Å². The highest BCUT2D eigenvalue weighted by Crippen LogP contribution is 2.14. The van der Waals surface area contributed by atoms with Crippen LogP contribution in [0.15, 0.2) is 0 Å². The van der Waals surface area contributed by atoms with Gasteiger partial charge in [0.05, 0.1) is 6.61 Å². The lowest BCUT2D eigenvalue weighted by Gasteiger charge is -2.31. The van der Waals surface area contributed by atoms with Gasteiger partial charge in [-0.15, -0.1) is 0 Å². The van der Waals surface area contributed by atoms with Crippen molar-refractivity contribution in [2.75, 3.05) is 26.8 Å².